The summed E-state index contributed by atoms with van der Waals surface area (Å²) < 4.78 is 40.6. The van der Waals surface area contributed by atoms with Crippen LogP contribution in [-0.4, -0.2) is 50.5 Å². The summed E-state index contributed by atoms with van der Waals surface area (Å²) in [5.74, 6) is 0.656. The van der Waals surface area contributed by atoms with Crippen LogP contribution in [0.1, 0.15) is 91.5 Å². The zero-order chi connectivity index (χ0) is 29.5. The first-order valence-electron chi connectivity index (χ1n) is 14.3. The molecule has 0 spiro atoms. The average Bonchev–Trinajstić information content (AvgIpc) is 3.37. The Labute approximate surface area is 243 Å². The lowest BCUT2D eigenvalue weighted by atomic mass is 9.86. The second-order valence-electron chi connectivity index (χ2n) is 11.3. The molecule has 1 aliphatic carbocycles. The fourth-order valence-electron chi connectivity index (χ4n) is 4.68. The van der Waals surface area contributed by atoms with Crippen LogP contribution in [0.5, 0.6) is 0 Å². The summed E-state index contributed by atoms with van der Waals surface area (Å²) in [6.45, 7) is 14.5. The molecule has 1 amide bonds. The van der Waals surface area contributed by atoms with Crippen molar-refractivity contribution in [3.05, 3.63) is 29.4 Å². The Morgan fingerprint density at radius 2 is 1.85 bits per heavy atom. The number of carbonyl (C=O) groups is 1. The molecule has 1 aromatic heterocycles. The number of benzene rings is 1. The average molecular weight is 595 g/mol. The van der Waals surface area contributed by atoms with Crippen molar-refractivity contribution in [1.29, 1.82) is 0 Å². The first kappa shape index (κ1) is 32.3. The monoisotopic (exact) mass is 594 g/mol. The summed E-state index contributed by atoms with van der Waals surface area (Å²) in [5, 5.41) is 7.37. The fourth-order valence-corrected chi connectivity index (χ4v) is 7.15. The van der Waals surface area contributed by atoms with Crippen LogP contribution in [0.4, 0.5) is 10.5 Å². The molecule has 0 radical (unpaired) electrons. The van der Waals surface area contributed by atoms with Gasteiger partial charge in [-0.05, 0) is 70.9 Å². The predicted octanol–water partition coefficient (Wildman–Crippen LogP) is 6.48. The Kier molecular flexibility index (Phi) is 11.4. The second kappa shape index (κ2) is 14.1. The van der Waals surface area contributed by atoms with Gasteiger partial charge in [-0.2, -0.15) is 0 Å². The van der Waals surface area contributed by atoms with Gasteiger partial charge in [-0.25, -0.2) is 22.9 Å². The summed E-state index contributed by atoms with van der Waals surface area (Å²) in [6, 6.07) is 5.53. The number of hydrogen-bond acceptors (Lipinski definition) is 8. The Bertz CT molecular complexity index is 1220. The summed E-state index contributed by atoms with van der Waals surface area (Å²) in [4.78, 5) is 17.7. The summed E-state index contributed by atoms with van der Waals surface area (Å²) in [5.41, 5.74) is 0.685. The van der Waals surface area contributed by atoms with Crippen LogP contribution in [0.25, 0.3) is 10.4 Å². The van der Waals surface area contributed by atoms with Gasteiger partial charge < -0.3 is 20.1 Å². The Hall–Kier alpha value is -2.21. The zero-order valence-electron chi connectivity index (χ0n) is 24.9. The quantitative estimate of drug-likeness (QED) is 0.227. The van der Waals surface area contributed by atoms with Gasteiger partial charge >= 0.3 is 6.09 Å². The number of thiazole rings is 1. The number of aromatic nitrogens is 1. The van der Waals surface area contributed by atoms with Gasteiger partial charge in [0.1, 0.15) is 5.72 Å². The molecule has 40 heavy (non-hydrogen) atoms. The lowest BCUT2D eigenvalue weighted by molar-refractivity contribution is -0.0257. The molecule has 0 bridgehead atoms. The van der Waals surface area contributed by atoms with E-state index in [2.05, 4.69) is 29.2 Å². The third-order valence-electron chi connectivity index (χ3n) is 6.95. The predicted molar refractivity (Wildman–Crippen MR) is 161 cm³/mol. The van der Waals surface area contributed by atoms with E-state index in [-0.39, 0.29) is 29.1 Å². The van der Waals surface area contributed by atoms with E-state index >= 15 is 0 Å². The highest BCUT2D eigenvalue weighted by atomic mass is 32.2. The molecule has 1 unspecified atom stereocenters. The van der Waals surface area contributed by atoms with Gasteiger partial charge in [-0.1, -0.05) is 33.8 Å². The third-order valence-corrected chi connectivity index (χ3v) is 9.73. The first-order valence-corrected chi connectivity index (χ1v) is 16.6. The third kappa shape index (κ3) is 8.89. The molecular weight excluding hydrogens is 548 g/mol. The van der Waals surface area contributed by atoms with Gasteiger partial charge in [-0.15, -0.1) is 11.3 Å². The molecule has 1 aliphatic rings. The normalized spacial score (nSPS) is 19.4. The molecule has 1 atom stereocenters. The number of anilines is 1. The highest BCUT2D eigenvalue weighted by Gasteiger charge is 2.28. The molecule has 1 heterocycles. The van der Waals surface area contributed by atoms with Crippen LogP contribution >= 0.6 is 11.3 Å². The number of sulfonamides is 1. The number of hydrogen-bond donors (Lipinski definition) is 3. The number of alkyl carbamates (subject to hydrolysis) is 1. The molecule has 0 saturated heterocycles. The second-order valence-corrected chi connectivity index (χ2v) is 14.1. The molecule has 11 heteroatoms. The molecule has 0 aliphatic heterocycles. The maximum Gasteiger partial charge on any atom is 0.407 e. The maximum atomic E-state index is 13.3. The first-order chi connectivity index (χ1) is 18.9. The van der Waals surface area contributed by atoms with Crippen molar-refractivity contribution in [3.63, 3.8) is 0 Å². The Morgan fingerprint density at radius 1 is 1.15 bits per heavy atom. The van der Waals surface area contributed by atoms with Crippen LogP contribution in [0.2, 0.25) is 0 Å². The van der Waals surface area contributed by atoms with E-state index < -0.39 is 15.7 Å². The van der Waals surface area contributed by atoms with Gasteiger partial charge in [-0.3, -0.25) is 0 Å². The minimum atomic E-state index is -3.75. The van der Waals surface area contributed by atoms with Gasteiger partial charge in [0.05, 0.1) is 27.5 Å². The molecule has 1 aromatic carbocycles. The maximum absolute atomic E-state index is 13.3. The molecule has 1 fully saturated rings. The molecule has 224 valence electrons. The van der Waals surface area contributed by atoms with E-state index in [1.54, 1.807) is 19.2 Å². The van der Waals surface area contributed by atoms with E-state index in [0.29, 0.717) is 36.7 Å². The van der Waals surface area contributed by atoms with Crippen molar-refractivity contribution in [2.45, 2.75) is 109 Å². The lowest BCUT2D eigenvalue weighted by Gasteiger charge is -2.32. The topological polar surface area (TPSA) is 119 Å². The standard InChI is InChI=1S/C29H46N4O5S2/c1-8-29(7,37-18-19(3)4)33-23-14-15-24(26(16-23)40(35,36)31-9-2)25-17-30-27(39-25)21-10-12-22(13-11-21)32-28(34)38-20(5)6/h14-17,19-22,31,33H,8-13,18H2,1-7H3,(H,32,34)/t21-,22-,29?. The highest BCUT2D eigenvalue weighted by Crippen LogP contribution is 2.40. The number of nitrogens with one attached hydrogen (secondary N) is 3. The molecule has 9 nitrogen and oxygen atoms in total. The SMILES string of the molecule is CCNS(=O)(=O)c1cc(NC(C)(CC)OCC(C)C)ccc1-c1cnc([C@H]2CC[C@H](NC(=O)OC(C)C)CC2)s1. The van der Waals surface area contributed by atoms with Gasteiger partial charge in [0, 0.05) is 36.0 Å². The number of carbonyl (C=O) groups excluding carboxylic acids is 1. The number of nitrogens with zero attached hydrogens (tertiary/aromatic N) is 1. The van der Waals surface area contributed by atoms with Crippen LogP contribution in [0.15, 0.2) is 29.3 Å². The highest BCUT2D eigenvalue weighted by molar-refractivity contribution is 7.89. The van der Waals surface area contributed by atoms with Crippen molar-refractivity contribution in [2.75, 3.05) is 18.5 Å². The Balaban J connectivity index is 1.80. The molecule has 2 aromatic rings. The lowest BCUT2D eigenvalue weighted by Crippen LogP contribution is -2.38. The van der Waals surface area contributed by atoms with Crippen molar-refractivity contribution in [2.24, 2.45) is 5.92 Å². The van der Waals surface area contributed by atoms with Crippen molar-refractivity contribution in [3.8, 4) is 10.4 Å². The van der Waals surface area contributed by atoms with Crippen LogP contribution in [0.3, 0.4) is 0 Å². The van der Waals surface area contributed by atoms with Gasteiger partial charge in [0.25, 0.3) is 0 Å². The van der Waals surface area contributed by atoms with Crippen LogP contribution in [-0.2, 0) is 19.5 Å². The summed E-state index contributed by atoms with van der Waals surface area (Å²) >= 11 is 1.54. The van der Waals surface area contributed by atoms with E-state index in [4.69, 9.17) is 14.5 Å². The number of rotatable bonds is 13. The number of amides is 1. The number of ether oxygens (including phenoxy) is 2. The van der Waals surface area contributed by atoms with E-state index in [1.165, 1.54) is 11.3 Å². The van der Waals surface area contributed by atoms with E-state index in [1.807, 2.05) is 39.8 Å². The Morgan fingerprint density at radius 3 is 2.45 bits per heavy atom. The largest absolute Gasteiger partial charge is 0.447 e. The van der Waals surface area contributed by atoms with E-state index in [9.17, 15) is 13.2 Å². The van der Waals surface area contributed by atoms with Crippen molar-refractivity contribution >= 4 is 33.1 Å². The minimum absolute atomic E-state index is 0.0946. The van der Waals surface area contributed by atoms with Crippen molar-refractivity contribution < 1.29 is 22.7 Å². The van der Waals surface area contributed by atoms with Gasteiger partial charge in [0.15, 0.2) is 0 Å². The summed E-state index contributed by atoms with van der Waals surface area (Å²) in [7, 11) is -3.75. The smallest absolute Gasteiger partial charge is 0.407 e. The fraction of sp³-hybridized carbons (Fsp3) is 0.655. The summed E-state index contributed by atoms with van der Waals surface area (Å²) in [6.07, 6.45) is 5.47. The molecule has 1 saturated carbocycles. The zero-order valence-corrected chi connectivity index (χ0v) is 26.5. The van der Waals surface area contributed by atoms with Crippen LogP contribution < -0.4 is 15.4 Å². The van der Waals surface area contributed by atoms with Gasteiger partial charge in [0.2, 0.25) is 10.0 Å². The van der Waals surface area contributed by atoms with Crippen LogP contribution in [0, 0.1) is 5.92 Å². The molecule has 3 N–H and O–H groups in total. The van der Waals surface area contributed by atoms with E-state index in [0.717, 1.165) is 35.6 Å². The molecular formula is C29H46N4O5S2. The minimum Gasteiger partial charge on any atom is -0.447 e. The molecule has 3 rings (SSSR count). The van der Waals surface area contributed by atoms with Crippen molar-refractivity contribution in [1.82, 2.24) is 15.0 Å².